The minimum Gasteiger partial charge on any atom is -0.424 e. The first-order chi connectivity index (χ1) is 18.7. The van der Waals surface area contributed by atoms with Gasteiger partial charge >= 0.3 is 7.12 Å². The lowest BCUT2D eigenvalue weighted by Crippen LogP contribution is -2.72. The number of carbonyl (C=O) groups excluding carboxylic acids is 3. The Morgan fingerprint density at radius 3 is 2.18 bits per heavy atom. The molecule has 206 valence electrons. The molecule has 0 aliphatic carbocycles. The number of carbonyl (C=O) groups is 3. The van der Waals surface area contributed by atoms with Crippen molar-refractivity contribution in [2.24, 2.45) is 16.6 Å². The summed E-state index contributed by atoms with van der Waals surface area (Å²) < 4.78 is 0. The third-order valence-corrected chi connectivity index (χ3v) is 6.63. The number of hydrogen-bond acceptors (Lipinski definition) is 8. The molecule has 0 spiro atoms. The minimum absolute atomic E-state index is 0.0485. The Kier molecular flexibility index (Phi) is 10.6. The fraction of sp³-hybridized carbons (Fsp3) is 0.357. The van der Waals surface area contributed by atoms with E-state index in [2.05, 4.69) is 10.3 Å². The maximum absolute atomic E-state index is 14.1. The molecule has 5 N–H and O–H groups in total. The van der Waals surface area contributed by atoms with Crippen molar-refractivity contribution in [1.29, 1.82) is 0 Å². The van der Waals surface area contributed by atoms with Gasteiger partial charge in [0.15, 0.2) is 5.56 Å². The number of nitrogens with zero attached hydrogens (tertiary/aromatic N) is 3. The van der Waals surface area contributed by atoms with Gasteiger partial charge in [0.2, 0.25) is 12.3 Å². The van der Waals surface area contributed by atoms with Crippen LogP contribution in [-0.4, -0.2) is 75.6 Å². The minimum atomic E-state index is -2.11. The monoisotopic (exact) mass is 533 g/mol. The van der Waals surface area contributed by atoms with Crippen molar-refractivity contribution in [3.05, 3.63) is 84.2 Å². The van der Waals surface area contributed by atoms with Gasteiger partial charge in [-0.3, -0.25) is 24.3 Å². The average molecular weight is 533 g/mol. The Labute approximate surface area is 229 Å². The summed E-state index contributed by atoms with van der Waals surface area (Å²) in [4.78, 5) is 46.2. The number of nitrogens with two attached hydrogens (primary N) is 1. The lowest BCUT2D eigenvalue weighted by Gasteiger charge is -2.49. The molecular formula is C28H36BN5O5. The molecule has 1 heterocycles. The number of amides is 3. The number of hydrogen-bond donors (Lipinski definition) is 4. The molecule has 0 bridgehead atoms. The fourth-order valence-electron chi connectivity index (χ4n) is 4.79. The molecule has 1 aliphatic heterocycles. The van der Waals surface area contributed by atoms with Gasteiger partial charge in [-0.2, -0.15) is 0 Å². The summed E-state index contributed by atoms with van der Waals surface area (Å²) in [6.45, 7) is 3.83. The quantitative estimate of drug-likeness (QED) is 0.221. The third kappa shape index (κ3) is 7.41. The van der Waals surface area contributed by atoms with Crippen molar-refractivity contribution < 1.29 is 24.4 Å². The van der Waals surface area contributed by atoms with Gasteiger partial charge in [-0.25, -0.2) is 0 Å². The van der Waals surface area contributed by atoms with E-state index in [9.17, 15) is 24.4 Å². The molecule has 0 fully saturated rings. The topological polar surface area (TPSA) is 149 Å². The molecule has 3 atom stereocenters. The Morgan fingerprint density at radius 2 is 1.69 bits per heavy atom. The third-order valence-electron chi connectivity index (χ3n) is 6.63. The average Bonchev–Trinajstić information content (AvgIpc) is 2.93. The van der Waals surface area contributed by atoms with E-state index in [1.807, 2.05) is 50.2 Å². The Balaban J connectivity index is 1.97. The summed E-state index contributed by atoms with van der Waals surface area (Å²) in [5, 5.41) is 24.1. The number of rotatable bonds is 13. The summed E-state index contributed by atoms with van der Waals surface area (Å²) in [7, 11) is -2.11. The van der Waals surface area contributed by atoms with Gasteiger partial charge < -0.3 is 26.0 Å². The number of imide groups is 1. The van der Waals surface area contributed by atoms with Crippen molar-refractivity contribution in [3.63, 3.8) is 0 Å². The van der Waals surface area contributed by atoms with Gasteiger partial charge in [0.05, 0.1) is 12.6 Å². The smallest absolute Gasteiger partial charge is 0.424 e. The predicted molar refractivity (Wildman–Crippen MR) is 150 cm³/mol. The molecule has 10 nitrogen and oxygen atoms in total. The normalized spacial score (nSPS) is 15.8. The highest BCUT2D eigenvalue weighted by atomic mass is 16.4. The second-order valence-electron chi connectivity index (χ2n) is 9.99. The number of benzene rings is 2. The van der Waals surface area contributed by atoms with Crippen LogP contribution in [0.2, 0.25) is 0 Å². The van der Waals surface area contributed by atoms with E-state index >= 15 is 0 Å². The zero-order valence-electron chi connectivity index (χ0n) is 22.3. The van der Waals surface area contributed by atoms with Crippen LogP contribution in [0.5, 0.6) is 0 Å². The predicted octanol–water partition coefficient (Wildman–Crippen LogP) is 0.881. The molecule has 0 saturated heterocycles. The number of nitrogens with one attached hydrogen (secondary N) is 1. The second kappa shape index (κ2) is 13.8. The highest BCUT2D eigenvalue weighted by Crippen LogP contribution is 2.31. The van der Waals surface area contributed by atoms with Gasteiger partial charge in [0.1, 0.15) is 6.04 Å². The molecule has 3 rings (SSSR count). The van der Waals surface area contributed by atoms with E-state index in [0.29, 0.717) is 0 Å². The van der Waals surface area contributed by atoms with Crippen molar-refractivity contribution in [1.82, 2.24) is 15.1 Å². The van der Waals surface area contributed by atoms with Gasteiger partial charge in [-0.15, -0.1) is 0 Å². The molecule has 0 unspecified atom stereocenters. The van der Waals surface area contributed by atoms with Crippen molar-refractivity contribution >= 4 is 31.6 Å². The molecule has 0 radical (unpaired) electrons. The molecular weight excluding hydrogens is 497 g/mol. The maximum atomic E-state index is 14.1. The molecule has 0 aromatic heterocycles. The van der Waals surface area contributed by atoms with Crippen LogP contribution < -0.4 is 11.1 Å². The summed E-state index contributed by atoms with van der Waals surface area (Å²) in [5.74, 6) is -1.50. The molecule has 0 saturated carbocycles. The zero-order valence-corrected chi connectivity index (χ0v) is 22.3. The van der Waals surface area contributed by atoms with Gasteiger partial charge in [-0.1, -0.05) is 74.5 Å². The summed E-state index contributed by atoms with van der Waals surface area (Å²) in [6.07, 6.45) is 5.14. The molecule has 11 heteroatoms. The highest BCUT2D eigenvalue weighted by Gasteiger charge is 2.54. The van der Waals surface area contributed by atoms with E-state index in [-0.39, 0.29) is 38.1 Å². The first kappa shape index (κ1) is 29.8. The first-order valence-electron chi connectivity index (χ1n) is 12.9. The summed E-state index contributed by atoms with van der Waals surface area (Å²) in [5.41, 5.74) is 5.95. The standard InChI is InChI=1S/C28H36BN5O5/c1-21(2)19-28(29(38)39,33-15-13-31-14-16-33)34(20-35)27(37)25(18-23-11-7-4-8-12-23)32-26(36)24(30)17-22-9-5-3-6-10-22/h3-15,20-21,24-25,38-39H,16-19,30H2,1-2H3,(H,32,36)/t24-,25-,28+/m0/s1. The van der Waals surface area contributed by atoms with E-state index in [1.54, 1.807) is 24.3 Å². The molecule has 2 aromatic carbocycles. The molecule has 3 amide bonds. The highest BCUT2D eigenvalue weighted by molar-refractivity contribution is 6.46. The van der Waals surface area contributed by atoms with Crippen LogP contribution in [0.15, 0.2) is 78.1 Å². The van der Waals surface area contributed by atoms with E-state index < -0.39 is 36.6 Å². The fourth-order valence-corrected chi connectivity index (χ4v) is 4.79. The van der Waals surface area contributed by atoms with Crippen molar-refractivity contribution in [2.75, 3.05) is 6.54 Å². The molecule has 1 aliphatic rings. The van der Waals surface area contributed by atoms with E-state index in [4.69, 9.17) is 5.73 Å². The van der Waals surface area contributed by atoms with E-state index in [1.165, 1.54) is 23.5 Å². The van der Waals surface area contributed by atoms with Crippen LogP contribution in [0.4, 0.5) is 0 Å². The first-order valence-corrected chi connectivity index (χ1v) is 12.9. The summed E-state index contributed by atoms with van der Waals surface area (Å²) in [6, 6.07) is 16.1. The van der Waals surface area contributed by atoms with Crippen LogP contribution in [0.3, 0.4) is 0 Å². The SMILES string of the molecule is CC(C)C[C@@](B(O)O)(N1C=CN=CC1)N(C=O)C(=O)[C@H](Cc1ccccc1)NC(=O)[C@@H](N)Cc1ccccc1. The lowest BCUT2D eigenvalue weighted by atomic mass is 9.65. The van der Waals surface area contributed by atoms with Crippen LogP contribution in [0.1, 0.15) is 31.4 Å². The van der Waals surface area contributed by atoms with Crippen LogP contribution in [0.25, 0.3) is 0 Å². The van der Waals surface area contributed by atoms with Crippen LogP contribution >= 0.6 is 0 Å². The lowest BCUT2D eigenvalue weighted by molar-refractivity contribution is -0.152. The van der Waals surface area contributed by atoms with Gasteiger partial charge in [0.25, 0.3) is 5.91 Å². The second-order valence-corrected chi connectivity index (χ2v) is 9.99. The number of aliphatic imine (C=N–C) groups is 1. The maximum Gasteiger partial charge on any atom is 0.501 e. The summed E-state index contributed by atoms with van der Waals surface area (Å²) >= 11 is 0. The Morgan fingerprint density at radius 1 is 1.10 bits per heavy atom. The van der Waals surface area contributed by atoms with Gasteiger partial charge in [0, 0.05) is 25.0 Å². The van der Waals surface area contributed by atoms with Gasteiger partial charge in [-0.05, 0) is 29.9 Å². The Bertz CT molecular complexity index is 1160. The van der Waals surface area contributed by atoms with Crippen LogP contribution in [0, 0.1) is 5.92 Å². The molecule has 2 aromatic rings. The van der Waals surface area contributed by atoms with Crippen molar-refractivity contribution in [2.45, 2.75) is 50.8 Å². The molecule has 39 heavy (non-hydrogen) atoms. The largest absolute Gasteiger partial charge is 0.501 e. The Hall–Kier alpha value is -3.80. The van der Waals surface area contributed by atoms with Crippen molar-refractivity contribution in [3.8, 4) is 0 Å². The van der Waals surface area contributed by atoms with Crippen LogP contribution in [-0.2, 0) is 27.2 Å². The zero-order chi connectivity index (χ0) is 28.4. The van der Waals surface area contributed by atoms with E-state index in [0.717, 1.165) is 16.0 Å².